The third-order valence-electron chi connectivity index (χ3n) is 8.54. The molecule has 3 atom stereocenters. The van der Waals surface area contributed by atoms with Crippen LogP contribution >= 0.6 is 0 Å². The van der Waals surface area contributed by atoms with Gasteiger partial charge in [0.1, 0.15) is 11.9 Å². The van der Waals surface area contributed by atoms with Crippen molar-refractivity contribution in [2.45, 2.75) is 96.2 Å². The van der Waals surface area contributed by atoms with Gasteiger partial charge in [-0.15, -0.1) is 0 Å². The van der Waals surface area contributed by atoms with Gasteiger partial charge in [-0.3, -0.25) is 8.98 Å². The van der Waals surface area contributed by atoms with Crippen LogP contribution in [0.1, 0.15) is 60.8 Å². The van der Waals surface area contributed by atoms with Crippen molar-refractivity contribution in [1.82, 2.24) is 0 Å². The Morgan fingerprint density at radius 1 is 0.875 bits per heavy atom. The van der Waals surface area contributed by atoms with E-state index in [0.717, 1.165) is 16.6 Å². The summed E-state index contributed by atoms with van der Waals surface area (Å²) in [6.45, 7) is 17.5. The van der Waals surface area contributed by atoms with Crippen LogP contribution in [0.25, 0.3) is 0 Å². The molecule has 0 bridgehead atoms. The lowest BCUT2D eigenvalue weighted by Crippen LogP contribution is -2.67. The van der Waals surface area contributed by atoms with E-state index in [2.05, 4.69) is 78.9 Å². The van der Waals surface area contributed by atoms with Crippen molar-refractivity contribution in [3.63, 3.8) is 0 Å². The zero-order chi connectivity index (χ0) is 30.0. The van der Waals surface area contributed by atoms with E-state index in [1.54, 1.807) is 0 Å². The first-order valence-electron chi connectivity index (χ1n) is 14.2. The Morgan fingerprint density at radius 2 is 1.38 bits per heavy atom. The highest BCUT2D eigenvalue weighted by molar-refractivity contribution is 7.86. The lowest BCUT2D eigenvalue weighted by Gasteiger charge is -2.45. The van der Waals surface area contributed by atoms with E-state index >= 15 is 0 Å². The third-order valence-corrected chi connectivity index (χ3v) is 18.7. The maximum absolute atomic E-state index is 13.3. The molecule has 222 valence electrons. The van der Waals surface area contributed by atoms with Gasteiger partial charge in [-0.05, 0) is 46.4 Å². The predicted molar refractivity (Wildman–Crippen MR) is 168 cm³/mol. The average molecular weight is 605 g/mol. The minimum Gasteiger partial charge on any atom is -0.414 e. The predicted octanol–water partition coefficient (Wildman–Crippen LogP) is 5.67. The second kappa shape index (κ2) is 12.3. The molecular formula is C31H48O6SSi2. The van der Waals surface area contributed by atoms with Crippen LogP contribution in [-0.2, 0) is 27.9 Å². The highest BCUT2D eigenvalue weighted by Crippen LogP contribution is 2.41. The average Bonchev–Trinajstić information content (AvgIpc) is 2.84. The van der Waals surface area contributed by atoms with E-state index in [0.29, 0.717) is 19.3 Å². The summed E-state index contributed by atoms with van der Waals surface area (Å²) in [6, 6.07) is 20.3. The number of benzene rings is 2. The maximum atomic E-state index is 13.3. The summed E-state index contributed by atoms with van der Waals surface area (Å²) in [5.41, 5.74) is 0. The minimum atomic E-state index is -3.85. The Balaban J connectivity index is 2.01. The fraction of sp³-hybridized carbons (Fsp3) is 0.581. The summed E-state index contributed by atoms with van der Waals surface area (Å²) >= 11 is 0. The van der Waals surface area contributed by atoms with Crippen molar-refractivity contribution in [3.8, 4) is 0 Å². The molecule has 0 amide bonds. The Kier molecular flexibility index (Phi) is 10.1. The van der Waals surface area contributed by atoms with E-state index < -0.39 is 38.8 Å². The molecule has 0 N–H and O–H groups in total. The first kappa shape index (κ1) is 32.9. The second-order valence-corrected chi connectivity index (χ2v) is 24.3. The van der Waals surface area contributed by atoms with Gasteiger partial charge in [0.05, 0.1) is 12.9 Å². The summed E-state index contributed by atoms with van der Waals surface area (Å²) in [5, 5.41) is 1.90. The van der Waals surface area contributed by atoms with Crippen molar-refractivity contribution in [3.05, 3.63) is 60.7 Å². The summed E-state index contributed by atoms with van der Waals surface area (Å²) < 4.78 is 44.4. The van der Waals surface area contributed by atoms with Crippen LogP contribution in [0.2, 0.25) is 23.2 Å². The van der Waals surface area contributed by atoms with Crippen LogP contribution in [0.3, 0.4) is 0 Å². The molecule has 0 aromatic heterocycles. The summed E-state index contributed by atoms with van der Waals surface area (Å²) in [7, 11) is -8.90. The molecule has 6 nitrogen and oxygen atoms in total. The molecule has 40 heavy (non-hydrogen) atoms. The first-order valence-corrected chi connectivity index (χ1v) is 20.8. The molecule has 0 spiro atoms. The molecule has 1 fully saturated rings. The molecular weight excluding hydrogens is 557 g/mol. The van der Waals surface area contributed by atoms with Crippen LogP contribution in [-0.4, -0.2) is 55.9 Å². The smallest absolute Gasteiger partial charge is 0.264 e. The number of hydrogen-bond acceptors (Lipinski definition) is 6. The molecule has 0 heterocycles. The Hall–Kier alpha value is -1.63. The number of ketones is 1. The van der Waals surface area contributed by atoms with Crippen LogP contribution in [0.4, 0.5) is 0 Å². The van der Waals surface area contributed by atoms with Gasteiger partial charge in [-0.25, -0.2) is 0 Å². The highest BCUT2D eigenvalue weighted by Gasteiger charge is 2.51. The topological polar surface area (TPSA) is 78.9 Å². The van der Waals surface area contributed by atoms with Gasteiger partial charge >= 0.3 is 0 Å². The van der Waals surface area contributed by atoms with Gasteiger partial charge in [0.25, 0.3) is 18.4 Å². The van der Waals surface area contributed by atoms with Crippen LogP contribution in [0.5, 0.6) is 0 Å². The molecule has 9 heteroatoms. The van der Waals surface area contributed by atoms with E-state index in [-0.39, 0.29) is 28.6 Å². The summed E-state index contributed by atoms with van der Waals surface area (Å²) in [6.07, 6.45) is 1.39. The fourth-order valence-corrected chi connectivity index (χ4v) is 12.1. The highest BCUT2D eigenvalue weighted by atomic mass is 32.2. The monoisotopic (exact) mass is 604 g/mol. The Bertz CT molecular complexity index is 1190. The summed E-state index contributed by atoms with van der Waals surface area (Å²) in [5.74, 6) is -0.619. The van der Waals surface area contributed by atoms with Gasteiger partial charge in [0, 0.05) is 18.4 Å². The normalized spacial score (nSPS) is 20.4. The molecule has 1 saturated carbocycles. The van der Waals surface area contributed by atoms with E-state index in [1.807, 2.05) is 36.4 Å². The zero-order valence-electron chi connectivity index (χ0n) is 25.7. The molecule has 0 saturated heterocycles. The van der Waals surface area contributed by atoms with Gasteiger partial charge < -0.3 is 8.85 Å². The first-order chi connectivity index (χ1) is 18.4. The van der Waals surface area contributed by atoms with Crippen LogP contribution < -0.4 is 10.4 Å². The molecule has 0 aliphatic heterocycles. The van der Waals surface area contributed by atoms with Crippen molar-refractivity contribution in [1.29, 1.82) is 0 Å². The van der Waals surface area contributed by atoms with Gasteiger partial charge in [-0.2, -0.15) is 8.42 Å². The molecule has 2 aromatic carbocycles. The van der Waals surface area contributed by atoms with E-state index in [4.69, 9.17) is 13.0 Å². The molecule has 2 unspecified atom stereocenters. The fourth-order valence-electron chi connectivity index (χ4n) is 5.48. The summed E-state index contributed by atoms with van der Waals surface area (Å²) in [4.78, 5) is 13.3. The molecule has 1 aliphatic carbocycles. The minimum absolute atomic E-state index is 0.00905. The number of carbonyl (C=O) groups is 1. The molecule has 3 rings (SSSR count). The Labute approximate surface area is 244 Å². The van der Waals surface area contributed by atoms with Gasteiger partial charge in [0.15, 0.2) is 8.32 Å². The van der Waals surface area contributed by atoms with E-state index in [1.165, 1.54) is 0 Å². The molecule has 1 aliphatic rings. The lowest BCUT2D eigenvalue weighted by atomic mass is 9.83. The number of Topliss-reactive ketones (excluding diaryl/α,β-unsaturated/α-hetero) is 1. The quantitative estimate of drug-likeness (QED) is 0.257. The molecule has 2 aromatic rings. The number of hydrogen-bond donors (Lipinski definition) is 0. The van der Waals surface area contributed by atoms with Crippen molar-refractivity contribution < 1.29 is 26.2 Å². The van der Waals surface area contributed by atoms with Crippen molar-refractivity contribution in [2.75, 3.05) is 12.9 Å². The van der Waals surface area contributed by atoms with Crippen molar-refractivity contribution in [2.24, 2.45) is 5.92 Å². The van der Waals surface area contributed by atoms with Crippen LogP contribution in [0, 0.1) is 5.92 Å². The second-order valence-electron chi connectivity index (χ2n) is 13.7. The zero-order valence-corrected chi connectivity index (χ0v) is 28.5. The standard InChI is InChI=1S/C31H48O6SSi2/c1-30(2,3)39(8,9)37-24-20-21-28(32)27(22-24)29(36-38(7,33)34)23-35-40(31(4,5)6,25-16-12-10-13-17-25)26-18-14-11-15-19-26/h10-19,24,27,29H,20-23H2,1-9H3/t24-,27?,29?/m0/s1. The van der Waals surface area contributed by atoms with E-state index in [9.17, 15) is 13.2 Å². The van der Waals surface area contributed by atoms with Crippen molar-refractivity contribution >= 4 is 42.9 Å². The SMILES string of the molecule is CC(C)(C)[Si](C)(C)O[C@H]1CCC(=O)C(C(CO[Si](c2ccccc2)(c2ccccc2)C(C)(C)C)OS(C)(=O)=O)C1. The number of carbonyl (C=O) groups excluding carboxylic acids is 1. The van der Waals surface area contributed by atoms with Crippen LogP contribution in [0.15, 0.2) is 60.7 Å². The van der Waals surface area contributed by atoms with Gasteiger partial charge in [-0.1, -0.05) is 102 Å². The third kappa shape index (κ3) is 7.60. The largest absolute Gasteiger partial charge is 0.414 e. The Morgan fingerprint density at radius 3 is 1.80 bits per heavy atom. The molecule has 0 radical (unpaired) electrons. The maximum Gasteiger partial charge on any atom is 0.264 e. The lowest BCUT2D eigenvalue weighted by molar-refractivity contribution is -0.131. The van der Waals surface area contributed by atoms with Gasteiger partial charge in [0.2, 0.25) is 0 Å². The number of rotatable bonds is 10.